The summed E-state index contributed by atoms with van der Waals surface area (Å²) in [7, 11) is 29.3. The van der Waals surface area contributed by atoms with E-state index in [4.69, 9.17) is 15.0 Å². The van der Waals surface area contributed by atoms with E-state index in [0.717, 1.165) is 64.7 Å². The minimum absolute atomic E-state index is 0.0330. The Balaban J connectivity index is 0.000000238. The Kier molecular flexibility index (Phi) is 27.3. The van der Waals surface area contributed by atoms with Crippen LogP contribution in [0.3, 0.4) is 0 Å². The third kappa shape index (κ3) is 19.9. The van der Waals surface area contributed by atoms with Gasteiger partial charge in [0.2, 0.25) is 65.4 Å². The lowest BCUT2D eigenvalue weighted by Gasteiger charge is -2.40. The first-order valence-electron chi connectivity index (χ1n) is 31.8. The van der Waals surface area contributed by atoms with Gasteiger partial charge in [0.1, 0.15) is 6.33 Å². The lowest BCUT2D eigenvalue weighted by Crippen LogP contribution is -2.59. The number of amides is 4. The number of nitrogens with one attached hydrogen (secondary N) is 3. The van der Waals surface area contributed by atoms with Crippen LogP contribution in [0.5, 0.6) is 0 Å². The molecule has 32 nitrogen and oxygen atoms in total. The maximum absolute atomic E-state index is 12.4. The monoisotopic (exact) mass is 1270 g/mol. The van der Waals surface area contributed by atoms with Crippen molar-refractivity contribution in [2.75, 3.05) is 233 Å². The Hall–Kier alpha value is -7.74. The second-order valence-corrected chi connectivity index (χ2v) is 26.0. The van der Waals surface area contributed by atoms with Crippen LogP contribution in [0.4, 0.5) is 75.0 Å². The second-order valence-electron chi connectivity index (χ2n) is 26.0. The Labute approximate surface area is 543 Å². The predicted molar refractivity (Wildman–Crippen MR) is 368 cm³/mol. The highest BCUT2D eigenvalue weighted by atomic mass is 16.2. The van der Waals surface area contributed by atoms with Crippen LogP contribution >= 0.6 is 0 Å². The maximum atomic E-state index is 12.4. The SMILES string of the molecule is CCCCN(C)c1nc(NCCN(C)c2nc(N(C)CCCC)nc(N(C)CCCC)n2)nc(N(C)C)n1.CCN(C)c1nc(N(C)C)nc(N(C)C)n1.CN1CN2C(=O)N3CN(C)CN4C(=O)N(C1)C2C34.CNCN(C)c1ncnc(NC(C)(C)C(C)(C)C)n1. The molecule has 4 aliphatic heterocycles. The summed E-state index contributed by atoms with van der Waals surface area (Å²) >= 11 is 0. The fourth-order valence-corrected chi connectivity index (χ4v) is 9.41. The molecule has 8 rings (SSSR count). The van der Waals surface area contributed by atoms with E-state index in [1.165, 1.54) is 6.33 Å². The number of rotatable bonds is 27. The molecule has 0 saturated carbocycles. The predicted octanol–water partition coefficient (Wildman–Crippen LogP) is 4.40. The Morgan fingerprint density at radius 1 is 0.451 bits per heavy atom. The van der Waals surface area contributed by atoms with Gasteiger partial charge in [0.05, 0.1) is 33.3 Å². The highest BCUT2D eigenvalue weighted by molar-refractivity contribution is 5.86. The molecule has 4 aliphatic rings. The summed E-state index contributed by atoms with van der Waals surface area (Å²) in [5.41, 5.74) is -0.0239. The fraction of sp³-hybridized carbons (Fsp3) is 0.763. The van der Waals surface area contributed by atoms with Crippen LogP contribution in [0.1, 0.15) is 101 Å². The van der Waals surface area contributed by atoms with E-state index in [1.807, 2.05) is 145 Å². The van der Waals surface area contributed by atoms with E-state index in [9.17, 15) is 9.59 Å². The minimum atomic E-state index is -0.118. The van der Waals surface area contributed by atoms with E-state index in [0.29, 0.717) is 112 Å². The molecule has 0 bridgehead atoms. The quantitative estimate of drug-likeness (QED) is 0.0698. The Morgan fingerprint density at radius 3 is 1.16 bits per heavy atom. The molecule has 0 aromatic carbocycles. The van der Waals surface area contributed by atoms with Crippen molar-refractivity contribution in [2.45, 2.75) is 119 Å². The number of carbonyl (C=O) groups is 2. The first-order valence-corrected chi connectivity index (χ1v) is 31.8. The molecule has 4 aromatic heterocycles. The number of hydrogen-bond donors (Lipinski definition) is 3. The molecule has 32 heteroatoms. The molecule has 0 spiro atoms. The summed E-state index contributed by atoms with van der Waals surface area (Å²) in [6.07, 6.45) is 7.98. The lowest BCUT2D eigenvalue weighted by molar-refractivity contribution is -0.0106. The molecule has 0 atom stereocenters. The van der Waals surface area contributed by atoms with Crippen LogP contribution in [0, 0.1) is 5.41 Å². The van der Waals surface area contributed by atoms with Gasteiger partial charge in [-0.05, 0) is 66.6 Å². The van der Waals surface area contributed by atoms with E-state index in [1.54, 1.807) is 19.6 Å². The van der Waals surface area contributed by atoms with Crippen LogP contribution in [0.25, 0.3) is 0 Å². The van der Waals surface area contributed by atoms with Crippen molar-refractivity contribution in [1.29, 1.82) is 0 Å². The van der Waals surface area contributed by atoms with Crippen molar-refractivity contribution in [1.82, 2.24) is 94.5 Å². The Morgan fingerprint density at radius 2 is 0.791 bits per heavy atom. The number of urea groups is 2. The van der Waals surface area contributed by atoms with Crippen molar-refractivity contribution in [2.24, 2.45) is 5.41 Å². The molecule has 4 saturated heterocycles. The van der Waals surface area contributed by atoms with E-state index in [-0.39, 0.29) is 35.3 Å². The van der Waals surface area contributed by atoms with E-state index in [2.05, 4.69) is 138 Å². The second kappa shape index (κ2) is 33.5. The number of nitrogens with zero attached hydrogens (tertiary/aromatic N) is 27. The van der Waals surface area contributed by atoms with Crippen LogP contribution in [-0.4, -0.2) is 297 Å². The fourth-order valence-electron chi connectivity index (χ4n) is 9.41. The molecule has 8 heterocycles. The molecule has 0 radical (unpaired) electrons. The summed E-state index contributed by atoms with van der Waals surface area (Å²) in [5, 5.41) is 9.82. The standard InChI is InChI=1S/C26H50N12.C13H26N6.C10H16N6O2.C10H20N6/c1-10-13-17-35(6)23-29-21(28-22(30-23)34(4)5)27-16-20-38(9)26-32-24(36(7)18-14-11-2)31-25(33-26)37(8)19-15-12-3;1-12(2,3)13(4,5)18-10-15-8-16-11(17-10)19(7)9-14-6;1-11-3-13-7-8-15(9(13)17)5-12(2)6-16(8)10(18)14(7)4-11;1-7-16(6)10-12-8(14(2)3)11-9(13-10)15(4)5/h10-20H2,1-9H3,(H,27,28,29,30);8,14H,9H2,1-7H3,(H,15,16,17,18);7-8H,3-6H2,1-2H3;7H2,1-6H3. The van der Waals surface area contributed by atoms with Gasteiger partial charge in [0, 0.05) is 129 Å². The van der Waals surface area contributed by atoms with Gasteiger partial charge in [-0.3, -0.25) is 29.4 Å². The van der Waals surface area contributed by atoms with E-state index < -0.39 is 0 Å². The van der Waals surface area contributed by atoms with Crippen LogP contribution in [-0.2, 0) is 0 Å². The topological polar surface area (TPSA) is 274 Å². The van der Waals surface area contributed by atoms with Crippen molar-refractivity contribution in [3.63, 3.8) is 0 Å². The molecule has 4 amide bonds. The highest BCUT2D eigenvalue weighted by Crippen LogP contribution is 2.39. The van der Waals surface area contributed by atoms with Crippen molar-refractivity contribution >= 4 is 77.5 Å². The number of carbonyl (C=O) groups excluding carboxylic acids is 2. The number of anilines is 11. The van der Waals surface area contributed by atoms with Gasteiger partial charge in [-0.15, -0.1) is 0 Å². The lowest BCUT2D eigenvalue weighted by atomic mass is 9.76. The molecule has 0 aliphatic carbocycles. The van der Waals surface area contributed by atoms with Gasteiger partial charge in [0.15, 0.2) is 12.3 Å². The summed E-state index contributed by atoms with van der Waals surface area (Å²) < 4.78 is 0. The first-order chi connectivity index (χ1) is 42.9. The average molecular weight is 1270 g/mol. The number of hydrogen-bond acceptors (Lipinski definition) is 28. The summed E-state index contributed by atoms with van der Waals surface area (Å²) in [4.78, 5) is 108. The van der Waals surface area contributed by atoms with E-state index >= 15 is 0 Å². The average Bonchev–Trinajstić information content (AvgIpc) is 1.55. The first kappa shape index (κ1) is 74.0. The van der Waals surface area contributed by atoms with Crippen molar-refractivity contribution in [3.05, 3.63) is 6.33 Å². The van der Waals surface area contributed by atoms with Crippen LogP contribution in [0.2, 0.25) is 0 Å². The third-order valence-electron chi connectivity index (χ3n) is 16.2. The maximum Gasteiger partial charge on any atom is 0.325 e. The zero-order valence-electron chi connectivity index (χ0n) is 59.6. The van der Waals surface area contributed by atoms with Crippen molar-refractivity contribution in [3.8, 4) is 0 Å². The third-order valence-corrected chi connectivity index (χ3v) is 16.2. The highest BCUT2D eigenvalue weighted by Gasteiger charge is 2.62. The molecule has 4 fully saturated rings. The Bertz CT molecular complexity index is 2760. The van der Waals surface area contributed by atoms with Gasteiger partial charge in [-0.25, -0.2) is 19.6 Å². The normalized spacial score (nSPS) is 16.0. The number of likely N-dealkylation sites (N-methyl/N-ethyl adjacent to an activating group) is 1. The summed E-state index contributed by atoms with van der Waals surface area (Å²) in [6, 6.07) is 0.0659. The zero-order chi connectivity index (χ0) is 67.7. The summed E-state index contributed by atoms with van der Waals surface area (Å²) in [6.45, 7) is 27.4. The van der Waals surface area contributed by atoms with Gasteiger partial charge in [-0.1, -0.05) is 60.8 Å². The van der Waals surface area contributed by atoms with Crippen LogP contribution < -0.4 is 60.0 Å². The molecular formula is C59H112N30O2. The number of unbranched alkanes of at least 4 members (excludes halogenated alkanes) is 3. The molecule has 91 heavy (non-hydrogen) atoms. The molecule has 3 N–H and O–H groups in total. The molecule has 0 unspecified atom stereocenters. The van der Waals surface area contributed by atoms with Crippen molar-refractivity contribution < 1.29 is 9.59 Å². The minimum Gasteiger partial charge on any atom is -0.352 e. The molecular weight excluding hydrogens is 1160 g/mol. The molecule has 4 aromatic rings. The van der Waals surface area contributed by atoms with Crippen LogP contribution in [0.15, 0.2) is 6.33 Å². The summed E-state index contributed by atoms with van der Waals surface area (Å²) in [5.74, 6) is 7.23. The smallest absolute Gasteiger partial charge is 0.325 e. The largest absolute Gasteiger partial charge is 0.352 e. The van der Waals surface area contributed by atoms with Gasteiger partial charge >= 0.3 is 12.1 Å². The van der Waals surface area contributed by atoms with Gasteiger partial charge in [-0.2, -0.15) is 49.8 Å². The van der Waals surface area contributed by atoms with Gasteiger partial charge in [0.25, 0.3) is 0 Å². The van der Waals surface area contributed by atoms with Gasteiger partial charge < -0.3 is 60.0 Å². The zero-order valence-corrected chi connectivity index (χ0v) is 59.6. The number of aromatic nitrogens is 12. The molecule has 510 valence electrons.